The fraction of sp³-hybridized carbons (Fsp3) is 0.643. The van der Waals surface area contributed by atoms with Gasteiger partial charge in [-0.2, -0.15) is 5.10 Å². The summed E-state index contributed by atoms with van der Waals surface area (Å²) in [5.41, 5.74) is -0.544. The summed E-state index contributed by atoms with van der Waals surface area (Å²) in [7, 11) is 0. The van der Waals surface area contributed by atoms with Gasteiger partial charge < -0.3 is 5.32 Å². The van der Waals surface area contributed by atoms with Crippen LogP contribution < -0.4 is 10.9 Å². The maximum Gasteiger partial charge on any atom is 0.287 e. The minimum atomic E-state index is -0.544. The lowest BCUT2D eigenvalue weighted by Crippen LogP contribution is -2.39. The molecule has 0 aromatic carbocycles. The molecule has 5 nitrogen and oxygen atoms in total. The molecule has 1 amide bonds. The fourth-order valence-corrected chi connectivity index (χ4v) is 2.84. The first-order chi connectivity index (χ1) is 10.1. The van der Waals surface area contributed by atoms with Gasteiger partial charge in [-0.25, -0.2) is 4.68 Å². The largest absolute Gasteiger partial charge is 0.352 e. The second-order valence-electron chi connectivity index (χ2n) is 5.38. The molecule has 1 saturated carbocycles. The number of carbonyl (C=O) groups is 1. The highest BCUT2D eigenvalue weighted by Crippen LogP contribution is 2.17. The number of carbonyl (C=O) groups excluding carboxylic acids is 1. The quantitative estimate of drug-likeness (QED) is 0.926. The van der Waals surface area contributed by atoms with Crippen LogP contribution in [0.25, 0.3) is 0 Å². The molecule has 1 heterocycles. The molecule has 1 N–H and O–H groups in total. The number of halogens is 2. The monoisotopic (exact) mass is 331 g/mol. The molecular weight excluding hydrogens is 313 g/mol. The van der Waals surface area contributed by atoms with E-state index >= 15 is 0 Å². The van der Waals surface area contributed by atoms with Gasteiger partial charge in [0.1, 0.15) is 11.6 Å². The molecule has 7 heteroatoms. The zero-order chi connectivity index (χ0) is 15.2. The maximum absolute atomic E-state index is 12.0. The van der Waals surface area contributed by atoms with Crippen LogP contribution in [0.15, 0.2) is 11.0 Å². The molecule has 0 radical (unpaired) electrons. The summed E-state index contributed by atoms with van der Waals surface area (Å²) in [6, 6.07) is 0.191. The molecule has 2 rings (SSSR count). The first-order valence-electron chi connectivity index (χ1n) is 7.28. The minimum absolute atomic E-state index is 0.0957. The zero-order valence-corrected chi connectivity index (χ0v) is 13.3. The predicted octanol–water partition coefficient (Wildman–Crippen LogP) is 2.78. The van der Waals surface area contributed by atoms with Crippen molar-refractivity contribution in [3.05, 3.63) is 26.6 Å². The van der Waals surface area contributed by atoms with E-state index < -0.39 is 5.56 Å². The molecule has 0 spiro atoms. The van der Waals surface area contributed by atoms with Crippen LogP contribution in [0.2, 0.25) is 10.0 Å². The third kappa shape index (κ3) is 4.71. The lowest BCUT2D eigenvalue weighted by molar-refractivity contribution is -0.122. The summed E-state index contributed by atoms with van der Waals surface area (Å²) in [4.78, 5) is 23.9. The highest BCUT2D eigenvalue weighted by atomic mass is 35.5. The predicted molar refractivity (Wildman–Crippen MR) is 82.8 cm³/mol. The number of rotatable bonds is 3. The summed E-state index contributed by atoms with van der Waals surface area (Å²) in [5.74, 6) is -0.214. The summed E-state index contributed by atoms with van der Waals surface area (Å²) in [6.07, 6.45) is 9.26. The molecule has 1 aliphatic rings. The van der Waals surface area contributed by atoms with Gasteiger partial charge in [-0.15, -0.1) is 0 Å². The molecule has 0 saturated heterocycles. The first kappa shape index (κ1) is 16.3. The smallest absolute Gasteiger partial charge is 0.287 e. The lowest BCUT2D eigenvalue weighted by atomic mass is 9.97. The number of nitrogens with one attached hydrogen (secondary N) is 1. The number of hydrogen-bond donors (Lipinski definition) is 1. The summed E-state index contributed by atoms with van der Waals surface area (Å²) in [5, 5.41) is 6.80. The van der Waals surface area contributed by atoms with Crippen molar-refractivity contribution < 1.29 is 4.79 Å². The van der Waals surface area contributed by atoms with Crippen LogP contribution in [0.1, 0.15) is 44.9 Å². The van der Waals surface area contributed by atoms with Crippen molar-refractivity contribution in [3.63, 3.8) is 0 Å². The Kier molecular flexibility index (Phi) is 6.06. The van der Waals surface area contributed by atoms with E-state index in [-0.39, 0.29) is 28.5 Å². The van der Waals surface area contributed by atoms with E-state index in [1.807, 2.05) is 0 Å². The molecule has 0 atom stereocenters. The number of amides is 1. The van der Waals surface area contributed by atoms with Crippen LogP contribution in [0.5, 0.6) is 0 Å². The summed E-state index contributed by atoms with van der Waals surface area (Å²) >= 11 is 11.5. The molecule has 0 aliphatic heterocycles. The van der Waals surface area contributed by atoms with Gasteiger partial charge in [0, 0.05) is 6.04 Å². The molecule has 0 unspecified atom stereocenters. The molecule has 1 aromatic rings. The van der Waals surface area contributed by atoms with Crippen LogP contribution in [-0.2, 0) is 11.3 Å². The second kappa shape index (κ2) is 7.80. The maximum atomic E-state index is 12.0. The van der Waals surface area contributed by atoms with Gasteiger partial charge >= 0.3 is 0 Å². The summed E-state index contributed by atoms with van der Waals surface area (Å²) < 4.78 is 1.03. The van der Waals surface area contributed by atoms with Crippen LogP contribution in [0.4, 0.5) is 0 Å². The van der Waals surface area contributed by atoms with Crippen molar-refractivity contribution in [1.29, 1.82) is 0 Å². The molecule has 116 valence electrons. The Bertz CT molecular complexity index is 552. The Hall–Kier alpha value is -1.07. The minimum Gasteiger partial charge on any atom is -0.352 e. The molecular formula is C14H19Cl2N3O2. The average Bonchev–Trinajstić information content (AvgIpc) is 2.42. The average molecular weight is 332 g/mol. The van der Waals surface area contributed by atoms with Crippen molar-refractivity contribution in [2.45, 2.75) is 57.5 Å². The van der Waals surface area contributed by atoms with E-state index in [2.05, 4.69) is 10.4 Å². The molecule has 1 aliphatic carbocycles. The molecule has 1 fully saturated rings. The van der Waals surface area contributed by atoms with Crippen LogP contribution in [0.3, 0.4) is 0 Å². The summed E-state index contributed by atoms with van der Waals surface area (Å²) in [6.45, 7) is -0.133. The Morgan fingerprint density at radius 3 is 2.52 bits per heavy atom. The van der Waals surface area contributed by atoms with Gasteiger partial charge in [0.2, 0.25) is 5.91 Å². The SMILES string of the molecule is O=C(Cn1ncc(Cl)c(Cl)c1=O)NC1CCCCCCC1. The number of nitrogens with zero attached hydrogens (tertiary/aromatic N) is 2. The van der Waals surface area contributed by atoms with Gasteiger partial charge in [0.25, 0.3) is 5.56 Å². The Morgan fingerprint density at radius 2 is 1.86 bits per heavy atom. The van der Waals surface area contributed by atoms with Crippen molar-refractivity contribution in [2.75, 3.05) is 0 Å². The van der Waals surface area contributed by atoms with E-state index in [1.165, 1.54) is 25.5 Å². The van der Waals surface area contributed by atoms with Crippen LogP contribution >= 0.6 is 23.2 Å². The Balaban J connectivity index is 1.95. The first-order valence-corrected chi connectivity index (χ1v) is 8.04. The van der Waals surface area contributed by atoms with Crippen LogP contribution in [-0.4, -0.2) is 21.7 Å². The molecule has 1 aromatic heterocycles. The third-order valence-electron chi connectivity index (χ3n) is 3.71. The van der Waals surface area contributed by atoms with E-state index in [0.717, 1.165) is 30.4 Å². The van der Waals surface area contributed by atoms with Crippen molar-refractivity contribution >= 4 is 29.1 Å². The van der Waals surface area contributed by atoms with Gasteiger partial charge in [-0.3, -0.25) is 9.59 Å². The van der Waals surface area contributed by atoms with E-state index in [4.69, 9.17) is 23.2 Å². The van der Waals surface area contributed by atoms with E-state index in [1.54, 1.807) is 0 Å². The van der Waals surface area contributed by atoms with Crippen LogP contribution in [0, 0.1) is 0 Å². The van der Waals surface area contributed by atoms with E-state index in [9.17, 15) is 9.59 Å². The fourth-order valence-electron chi connectivity index (χ4n) is 2.57. The van der Waals surface area contributed by atoms with Gasteiger partial charge in [0.05, 0.1) is 11.2 Å². The molecule has 0 bridgehead atoms. The number of hydrogen-bond acceptors (Lipinski definition) is 3. The van der Waals surface area contributed by atoms with Gasteiger partial charge in [0.15, 0.2) is 0 Å². The normalized spacial score (nSPS) is 17.0. The third-order valence-corrected chi connectivity index (χ3v) is 4.45. The Labute approximate surface area is 133 Å². The molecule has 21 heavy (non-hydrogen) atoms. The highest BCUT2D eigenvalue weighted by molar-refractivity contribution is 6.41. The highest BCUT2D eigenvalue weighted by Gasteiger charge is 2.16. The van der Waals surface area contributed by atoms with Crippen molar-refractivity contribution in [2.24, 2.45) is 0 Å². The standard InChI is InChI=1S/C14H19Cl2N3O2/c15-11-8-17-19(14(21)13(11)16)9-12(20)18-10-6-4-2-1-3-5-7-10/h8,10H,1-7,9H2,(H,18,20). The topological polar surface area (TPSA) is 64.0 Å². The lowest BCUT2D eigenvalue weighted by Gasteiger charge is -2.21. The number of aromatic nitrogens is 2. The van der Waals surface area contributed by atoms with E-state index in [0.29, 0.717) is 0 Å². The van der Waals surface area contributed by atoms with Gasteiger partial charge in [-0.1, -0.05) is 55.3 Å². The van der Waals surface area contributed by atoms with Crippen molar-refractivity contribution in [3.8, 4) is 0 Å². The second-order valence-corrected chi connectivity index (χ2v) is 6.16. The zero-order valence-electron chi connectivity index (χ0n) is 11.8. The Morgan fingerprint density at radius 1 is 1.24 bits per heavy atom. The van der Waals surface area contributed by atoms with Gasteiger partial charge in [-0.05, 0) is 12.8 Å². The van der Waals surface area contributed by atoms with Crippen molar-refractivity contribution in [1.82, 2.24) is 15.1 Å².